The number of carbonyl (C=O) groups is 1. The maximum Gasteiger partial charge on any atom is 0.234 e. The van der Waals surface area contributed by atoms with Gasteiger partial charge < -0.3 is 9.64 Å². The van der Waals surface area contributed by atoms with E-state index in [1.807, 2.05) is 24.3 Å². The Bertz CT molecular complexity index is 721. The minimum absolute atomic E-state index is 0.0560. The number of hydrogen-bond donors (Lipinski definition) is 0. The first kappa shape index (κ1) is 15.8. The molecule has 0 bridgehead atoms. The molecular formula is C17H15F2NO2S. The molecule has 23 heavy (non-hydrogen) atoms. The van der Waals surface area contributed by atoms with Crippen LogP contribution < -0.4 is 4.74 Å². The van der Waals surface area contributed by atoms with Gasteiger partial charge in [0.15, 0.2) is 0 Å². The summed E-state index contributed by atoms with van der Waals surface area (Å²) in [6.07, 6.45) is 0. The Morgan fingerprint density at radius 2 is 1.96 bits per heavy atom. The topological polar surface area (TPSA) is 29.5 Å². The lowest BCUT2D eigenvalue weighted by Gasteiger charge is -2.24. The standard InChI is InChI=1S/C17H15F2NO2S/c1-22-14-6-3-11(4-7-14)17-20(16(21)10-23-17)9-12-2-5-13(18)8-15(12)19/h2-8,17H,9-10H2,1H3. The van der Waals surface area contributed by atoms with Crippen molar-refractivity contribution >= 4 is 17.7 Å². The molecule has 0 spiro atoms. The molecule has 0 saturated carbocycles. The lowest BCUT2D eigenvalue weighted by molar-refractivity contribution is -0.128. The van der Waals surface area contributed by atoms with Crippen molar-refractivity contribution in [3.63, 3.8) is 0 Å². The normalized spacial score (nSPS) is 17.6. The van der Waals surface area contributed by atoms with Crippen molar-refractivity contribution < 1.29 is 18.3 Å². The summed E-state index contributed by atoms with van der Waals surface area (Å²) in [5, 5.41) is -0.183. The Balaban J connectivity index is 1.84. The van der Waals surface area contributed by atoms with Crippen LogP contribution in [0, 0.1) is 11.6 Å². The largest absolute Gasteiger partial charge is 0.497 e. The van der Waals surface area contributed by atoms with Crippen molar-refractivity contribution in [1.82, 2.24) is 4.90 Å². The molecule has 2 aromatic carbocycles. The first-order valence-corrected chi connectivity index (χ1v) is 8.12. The van der Waals surface area contributed by atoms with E-state index in [0.717, 1.165) is 17.4 Å². The third kappa shape index (κ3) is 3.32. The number of amides is 1. The van der Waals surface area contributed by atoms with Crippen LogP contribution in [-0.4, -0.2) is 23.7 Å². The van der Waals surface area contributed by atoms with Gasteiger partial charge in [0.05, 0.1) is 12.9 Å². The van der Waals surface area contributed by atoms with E-state index in [0.29, 0.717) is 11.3 Å². The Labute approximate surface area is 137 Å². The summed E-state index contributed by atoms with van der Waals surface area (Å²) >= 11 is 1.49. The molecule has 1 saturated heterocycles. The van der Waals surface area contributed by atoms with Gasteiger partial charge in [0.25, 0.3) is 0 Å². The van der Waals surface area contributed by atoms with Gasteiger partial charge in [-0.3, -0.25) is 4.79 Å². The predicted octanol–water partition coefficient (Wildman–Crippen LogP) is 3.75. The second-order valence-corrected chi connectivity index (χ2v) is 6.26. The van der Waals surface area contributed by atoms with Crippen molar-refractivity contribution in [3.8, 4) is 5.75 Å². The third-order valence-electron chi connectivity index (χ3n) is 3.72. The monoisotopic (exact) mass is 335 g/mol. The van der Waals surface area contributed by atoms with Crippen LogP contribution in [-0.2, 0) is 11.3 Å². The lowest BCUT2D eigenvalue weighted by atomic mass is 10.1. The highest BCUT2D eigenvalue weighted by molar-refractivity contribution is 8.00. The number of thioether (sulfide) groups is 1. The maximum atomic E-state index is 13.9. The SMILES string of the molecule is COc1ccc(C2SCC(=O)N2Cc2ccc(F)cc2F)cc1. The Hall–Kier alpha value is -2.08. The number of hydrogen-bond acceptors (Lipinski definition) is 3. The summed E-state index contributed by atoms with van der Waals surface area (Å²) in [6, 6.07) is 10.9. The number of halogens is 2. The summed E-state index contributed by atoms with van der Waals surface area (Å²) in [5.74, 6) is -0.235. The van der Waals surface area contributed by atoms with Gasteiger partial charge in [-0.25, -0.2) is 8.78 Å². The zero-order valence-electron chi connectivity index (χ0n) is 12.5. The minimum Gasteiger partial charge on any atom is -0.497 e. The van der Waals surface area contributed by atoms with Crippen molar-refractivity contribution in [2.24, 2.45) is 0 Å². The van der Waals surface area contributed by atoms with Crippen LogP contribution in [0.5, 0.6) is 5.75 Å². The molecule has 1 atom stereocenters. The highest BCUT2D eigenvalue weighted by Gasteiger charge is 2.33. The van der Waals surface area contributed by atoms with E-state index in [1.54, 1.807) is 12.0 Å². The molecule has 1 amide bonds. The smallest absolute Gasteiger partial charge is 0.234 e. The van der Waals surface area contributed by atoms with Gasteiger partial charge in [-0.15, -0.1) is 11.8 Å². The molecule has 0 aliphatic carbocycles. The number of nitrogens with zero attached hydrogens (tertiary/aromatic N) is 1. The summed E-state index contributed by atoms with van der Waals surface area (Å²) in [4.78, 5) is 13.8. The van der Waals surface area contributed by atoms with Gasteiger partial charge in [0.1, 0.15) is 22.8 Å². The van der Waals surface area contributed by atoms with Crippen molar-refractivity contribution in [2.45, 2.75) is 11.9 Å². The Morgan fingerprint density at radius 3 is 2.61 bits per heavy atom. The number of benzene rings is 2. The van der Waals surface area contributed by atoms with E-state index in [-0.39, 0.29) is 17.8 Å². The fraction of sp³-hybridized carbons (Fsp3) is 0.235. The third-order valence-corrected chi connectivity index (χ3v) is 4.98. The number of ether oxygens (including phenoxy) is 1. The van der Waals surface area contributed by atoms with Crippen molar-refractivity contribution in [3.05, 3.63) is 65.2 Å². The summed E-state index contributed by atoms with van der Waals surface area (Å²) in [6.45, 7) is 0.120. The molecule has 1 aliphatic rings. The number of carbonyl (C=O) groups excluding carboxylic acids is 1. The average Bonchev–Trinajstić information content (AvgIpc) is 2.91. The van der Waals surface area contributed by atoms with E-state index in [1.165, 1.54) is 23.9 Å². The zero-order valence-corrected chi connectivity index (χ0v) is 13.3. The quantitative estimate of drug-likeness (QED) is 0.852. The van der Waals surface area contributed by atoms with E-state index in [4.69, 9.17) is 4.74 Å². The molecule has 6 heteroatoms. The number of methoxy groups -OCH3 is 1. The molecule has 3 nitrogen and oxygen atoms in total. The van der Waals surface area contributed by atoms with Crippen molar-refractivity contribution in [1.29, 1.82) is 0 Å². The summed E-state index contributed by atoms with van der Waals surface area (Å²) in [5.41, 5.74) is 1.25. The zero-order chi connectivity index (χ0) is 16.4. The highest BCUT2D eigenvalue weighted by Crippen LogP contribution is 2.40. The molecule has 3 rings (SSSR count). The first-order chi connectivity index (χ1) is 11.1. The molecule has 0 aromatic heterocycles. The minimum atomic E-state index is -0.636. The number of rotatable bonds is 4. The molecular weight excluding hydrogens is 320 g/mol. The second-order valence-electron chi connectivity index (χ2n) is 5.19. The van der Waals surface area contributed by atoms with Gasteiger partial charge in [-0.05, 0) is 23.8 Å². The molecule has 2 aromatic rings. The molecule has 1 fully saturated rings. The molecule has 0 radical (unpaired) electrons. The van der Waals surface area contributed by atoms with Crippen LogP contribution >= 0.6 is 11.8 Å². The van der Waals surface area contributed by atoms with Crippen LogP contribution in [0.1, 0.15) is 16.5 Å². The van der Waals surface area contributed by atoms with E-state index >= 15 is 0 Å². The van der Waals surface area contributed by atoms with Crippen LogP contribution in [0.4, 0.5) is 8.78 Å². The van der Waals surface area contributed by atoms with Crippen molar-refractivity contribution in [2.75, 3.05) is 12.9 Å². The molecule has 1 unspecified atom stereocenters. The van der Waals surface area contributed by atoms with Crippen LogP contribution in [0.15, 0.2) is 42.5 Å². The van der Waals surface area contributed by atoms with Gasteiger partial charge in [0.2, 0.25) is 5.91 Å². The van der Waals surface area contributed by atoms with Gasteiger partial charge >= 0.3 is 0 Å². The van der Waals surface area contributed by atoms with Gasteiger partial charge in [-0.1, -0.05) is 18.2 Å². The van der Waals surface area contributed by atoms with E-state index < -0.39 is 11.6 Å². The van der Waals surface area contributed by atoms with Crippen LogP contribution in [0.2, 0.25) is 0 Å². The maximum absolute atomic E-state index is 13.9. The first-order valence-electron chi connectivity index (χ1n) is 7.07. The molecule has 120 valence electrons. The fourth-order valence-corrected chi connectivity index (χ4v) is 3.69. The van der Waals surface area contributed by atoms with Gasteiger partial charge in [-0.2, -0.15) is 0 Å². The summed E-state index contributed by atoms with van der Waals surface area (Å²) in [7, 11) is 1.59. The Morgan fingerprint density at radius 1 is 1.22 bits per heavy atom. The highest BCUT2D eigenvalue weighted by atomic mass is 32.2. The molecule has 1 heterocycles. The molecule has 1 aliphatic heterocycles. The lowest BCUT2D eigenvalue weighted by Crippen LogP contribution is -2.28. The molecule has 0 N–H and O–H groups in total. The fourth-order valence-electron chi connectivity index (χ4n) is 2.50. The van der Waals surface area contributed by atoms with E-state index in [9.17, 15) is 13.6 Å². The predicted molar refractivity (Wildman–Crippen MR) is 85.1 cm³/mol. The van der Waals surface area contributed by atoms with E-state index in [2.05, 4.69) is 0 Å². The average molecular weight is 335 g/mol. The Kier molecular flexibility index (Phi) is 4.52. The van der Waals surface area contributed by atoms with Crippen LogP contribution in [0.25, 0.3) is 0 Å². The van der Waals surface area contributed by atoms with Crippen LogP contribution in [0.3, 0.4) is 0 Å². The van der Waals surface area contributed by atoms with Gasteiger partial charge in [0, 0.05) is 18.2 Å². The second kappa shape index (κ2) is 6.58. The summed E-state index contributed by atoms with van der Waals surface area (Å²) < 4.78 is 32.0.